The number of fused-ring (bicyclic) bond motifs is 9. The SMILES string of the molecule is CC1CCNC(=O)c2ccc(c([N+](=O)[O-])c2)-c2ccnc(n2)Nc2ccc(OC3CCCCC3)c(c2)COC1. The predicted molar refractivity (Wildman–Crippen MR) is 147 cm³/mol. The van der Waals surface area contributed by atoms with Gasteiger partial charge in [-0.05, 0) is 74.4 Å². The fourth-order valence-corrected chi connectivity index (χ4v) is 4.97. The molecule has 204 valence electrons. The van der Waals surface area contributed by atoms with Crippen LogP contribution in [0.4, 0.5) is 17.3 Å². The van der Waals surface area contributed by atoms with Gasteiger partial charge in [0.1, 0.15) is 5.75 Å². The maximum Gasteiger partial charge on any atom is 0.279 e. The lowest BCUT2D eigenvalue weighted by Gasteiger charge is -2.25. The highest BCUT2D eigenvalue weighted by Gasteiger charge is 2.21. The van der Waals surface area contributed by atoms with Crippen molar-refractivity contribution in [3.8, 4) is 17.0 Å². The standard InChI is InChI=1S/C29H33N5O5/c1-19-11-13-30-28(35)20-7-9-24(26(16-20)34(36)37)25-12-14-31-29(33-25)32-22-8-10-27(21(15-22)18-38-17-19)39-23-5-3-2-4-6-23/h7-10,12,14-16,19,23H,2-6,11,13,17-18H2,1H3,(H,30,35)(H,31,32,33). The van der Waals surface area contributed by atoms with Gasteiger partial charge >= 0.3 is 0 Å². The van der Waals surface area contributed by atoms with Crippen LogP contribution < -0.4 is 15.4 Å². The molecule has 10 nitrogen and oxygen atoms in total. The van der Waals surface area contributed by atoms with Gasteiger partial charge in [0.15, 0.2) is 0 Å². The first kappa shape index (κ1) is 26.6. The predicted octanol–water partition coefficient (Wildman–Crippen LogP) is 5.79. The molecule has 3 aromatic rings. The molecule has 2 aliphatic heterocycles. The highest BCUT2D eigenvalue weighted by Crippen LogP contribution is 2.32. The number of rotatable bonds is 3. The average Bonchev–Trinajstić information content (AvgIpc) is 2.94. The van der Waals surface area contributed by atoms with Gasteiger partial charge in [0.25, 0.3) is 11.6 Å². The van der Waals surface area contributed by atoms with Gasteiger partial charge in [0, 0.05) is 42.2 Å². The molecule has 0 saturated heterocycles. The molecule has 1 amide bonds. The second-order valence-electron chi connectivity index (χ2n) is 10.2. The summed E-state index contributed by atoms with van der Waals surface area (Å²) in [4.78, 5) is 32.9. The Morgan fingerprint density at radius 3 is 2.74 bits per heavy atom. The van der Waals surface area contributed by atoms with Crippen molar-refractivity contribution in [3.63, 3.8) is 0 Å². The number of carbonyl (C=O) groups is 1. The van der Waals surface area contributed by atoms with E-state index < -0.39 is 4.92 Å². The molecule has 0 spiro atoms. The zero-order valence-corrected chi connectivity index (χ0v) is 22.0. The zero-order valence-electron chi connectivity index (χ0n) is 22.0. The molecule has 2 aromatic carbocycles. The van der Waals surface area contributed by atoms with E-state index in [0.29, 0.717) is 43.4 Å². The lowest BCUT2D eigenvalue weighted by Crippen LogP contribution is -2.26. The first-order valence-corrected chi connectivity index (χ1v) is 13.5. The lowest BCUT2D eigenvalue weighted by atomic mass is 9.97. The van der Waals surface area contributed by atoms with Gasteiger partial charge in [-0.2, -0.15) is 0 Å². The van der Waals surface area contributed by atoms with Gasteiger partial charge in [0.05, 0.1) is 28.9 Å². The highest BCUT2D eigenvalue weighted by atomic mass is 16.6. The summed E-state index contributed by atoms with van der Waals surface area (Å²) in [6.45, 7) is 3.40. The van der Waals surface area contributed by atoms with Gasteiger partial charge in [-0.1, -0.05) is 13.3 Å². The maximum atomic E-state index is 12.7. The van der Waals surface area contributed by atoms with Gasteiger partial charge in [0.2, 0.25) is 5.95 Å². The fraction of sp³-hybridized carbons (Fsp3) is 0.414. The molecule has 1 saturated carbocycles. The summed E-state index contributed by atoms with van der Waals surface area (Å²) in [6.07, 6.45) is 8.17. The van der Waals surface area contributed by atoms with E-state index >= 15 is 0 Å². The number of hydrogen-bond donors (Lipinski definition) is 2. The van der Waals surface area contributed by atoms with Crippen LogP contribution in [0.5, 0.6) is 5.75 Å². The normalized spacial score (nSPS) is 18.7. The summed E-state index contributed by atoms with van der Waals surface area (Å²) in [6, 6.07) is 11.9. The topological polar surface area (TPSA) is 129 Å². The third-order valence-electron chi connectivity index (χ3n) is 7.13. The molecule has 6 bridgehead atoms. The van der Waals surface area contributed by atoms with Crippen molar-refractivity contribution in [3.05, 3.63) is 69.9 Å². The number of anilines is 2. The highest BCUT2D eigenvalue weighted by molar-refractivity contribution is 5.96. The summed E-state index contributed by atoms with van der Waals surface area (Å²) in [5.41, 5.74) is 2.38. The monoisotopic (exact) mass is 531 g/mol. The molecular formula is C29H33N5O5. The Balaban J connectivity index is 1.49. The molecule has 39 heavy (non-hydrogen) atoms. The minimum Gasteiger partial charge on any atom is -0.490 e. The third kappa shape index (κ3) is 6.69. The van der Waals surface area contributed by atoms with Crippen molar-refractivity contribution >= 4 is 23.2 Å². The molecule has 1 fully saturated rings. The number of benzene rings is 2. The van der Waals surface area contributed by atoms with E-state index in [1.165, 1.54) is 25.3 Å². The summed E-state index contributed by atoms with van der Waals surface area (Å²) in [5.74, 6) is 0.940. The van der Waals surface area contributed by atoms with Crippen LogP contribution >= 0.6 is 0 Å². The van der Waals surface area contributed by atoms with E-state index in [1.807, 2.05) is 18.2 Å². The van der Waals surface area contributed by atoms with Crippen molar-refractivity contribution in [2.45, 2.75) is 58.2 Å². The largest absolute Gasteiger partial charge is 0.490 e. The van der Waals surface area contributed by atoms with Crippen LogP contribution in [0.1, 0.15) is 61.4 Å². The van der Waals surface area contributed by atoms with Gasteiger partial charge in [-0.15, -0.1) is 0 Å². The minimum atomic E-state index is -0.499. The summed E-state index contributed by atoms with van der Waals surface area (Å²) < 4.78 is 12.5. The molecule has 1 atom stereocenters. The Morgan fingerprint density at radius 1 is 1.08 bits per heavy atom. The summed E-state index contributed by atoms with van der Waals surface area (Å²) in [7, 11) is 0. The van der Waals surface area contributed by atoms with E-state index in [1.54, 1.807) is 24.4 Å². The first-order chi connectivity index (χ1) is 19.0. The molecule has 3 aliphatic rings. The number of hydrogen-bond acceptors (Lipinski definition) is 8. The number of nitro benzene ring substituents is 1. The van der Waals surface area contributed by atoms with E-state index in [-0.39, 0.29) is 29.2 Å². The van der Waals surface area contributed by atoms with Crippen LogP contribution in [0.15, 0.2) is 48.7 Å². The Labute approximate surface area is 227 Å². The lowest BCUT2D eigenvalue weighted by molar-refractivity contribution is -0.384. The van der Waals surface area contributed by atoms with Crippen LogP contribution in [-0.2, 0) is 11.3 Å². The molecule has 2 N–H and O–H groups in total. The van der Waals surface area contributed by atoms with Crippen molar-refractivity contribution in [1.82, 2.24) is 15.3 Å². The number of amides is 1. The van der Waals surface area contributed by atoms with Crippen molar-refractivity contribution in [2.75, 3.05) is 18.5 Å². The Bertz CT molecular complexity index is 1340. The van der Waals surface area contributed by atoms with E-state index in [9.17, 15) is 14.9 Å². The van der Waals surface area contributed by atoms with Crippen molar-refractivity contribution < 1.29 is 19.2 Å². The Morgan fingerprint density at radius 2 is 1.92 bits per heavy atom. The molecule has 1 aliphatic carbocycles. The van der Waals surface area contributed by atoms with Crippen LogP contribution in [0.2, 0.25) is 0 Å². The number of ether oxygens (including phenoxy) is 2. The third-order valence-corrected chi connectivity index (χ3v) is 7.13. The molecule has 1 unspecified atom stereocenters. The Hall–Kier alpha value is -4.05. The molecule has 10 heteroatoms. The van der Waals surface area contributed by atoms with Crippen LogP contribution in [0.3, 0.4) is 0 Å². The van der Waals surface area contributed by atoms with Crippen LogP contribution in [0.25, 0.3) is 11.3 Å². The van der Waals surface area contributed by atoms with Crippen molar-refractivity contribution in [2.24, 2.45) is 5.92 Å². The number of carbonyl (C=O) groups excluding carboxylic acids is 1. The average molecular weight is 532 g/mol. The summed E-state index contributed by atoms with van der Waals surface area (Å²) >= 11 is 0. The van der Waals surface area contributed by atoms with E-state index in [2.05, 4.69) is 27.5 Å². The quantitative estimate of drug-likeness (QED) is 0.321. The van der Waals surface area contributed by atoms with Crippen LogP contribution in [-0.4, -0.2) is 40.1 Å². The second kappa shape index (κ2) is 12.2. The van der Waals surface area contributed by atoms with Crippen molar-refractivity contribution in [1.29, 1.82) is 0 Å². The van der Waals surface area contributed by atoms with E-state index in [4.69, 9.17) is 9.47 Å². The minimum absolute atomic E-state index is 0.196. The molecule has 3 heterocycles. The molecular weight excluding hydrogens is 498 g/mol. The Kier molecular flexibility index (Phi) is 8.31. The number of nitrogens with zero attached hydrogens (tertiary/aromatic N) is 3. The number of nitrogens with one attached hydrogen (secondary N) is 2. The maximum absolute atomic E-state index is 12.7. The van der Waals surface area contributed by atoms with Gasteiger partial charge < -0.3 is 20.1 Å². The smallest absolute Gasteiger partial charge is 0.279 e. The first-order valence-electron chi connectivity index (χ1n) is 13.5. The van der Waals surface area contributed by atoms with E-state index in [0.717, 1.165) is 29.8 Å². The second-order valence-corrected chi connectivity index (χ2v) is 10.2. The zero-order chi connectivity index (χ0) is 27.2. The molecule has 1 aromatic heterocycles. The number of nitro groups is 1. The fourth-order valence-electron chi connectivity index (χ4n) is 4.97. The van der Waals surface area contributed by atoms with Gasteiger partial charge in [-0.25, -0.2) is 9.97 Å². The molecule has 0 radical (unpaired) electrons. The van der Waals surface area contributed by atoms with Gasteiger partial charge in [-0.3, -0.25) is 14.9 Å². The van der Waals surface area contributed by atoms with Crippen LogP contribution in [0, 0.1) is 16.0 Å². The number of aromatic nitrogens is 2. The molecule has 6 rings (SSSR count). The summed E-state index contributed by atoms with van der Waals surface area (Å²) in [5, 5.41) is 18.0.